The molecule has 2 nitrogen and oxygen atoms in total. The van der Waals surface area contributed by atoms with E-state index >= 15 is 0 Å². The molecule has 0 aliphatic heterocycles. The number of nitrogens with two attached hydrogens (primary N) is 1. The molecule has 3 N–H and O–H groups in total. The van der Waals surface area contributed by atoms with Gasteiger partial charge < -0.3 is 11.1 Å². The molecule has 84 valence electrons. The van der Waals surface area contributed by atoms with Gasteiger partial charge in [-0.15, -0.1) is 0 Å². The van der Waals surface area contributed by atoms with Gasteiger partial charge in [-0.2, -0.15) is 0 Å². The molecule has 0 heterocycles. The molecular weight excluding hydrogens is 184 g/mol. The van der Waals surface area contributed by atoms with Gasteiger partial charge in [0.05, 0.1) is 0 Å². The van der Waals surface area contributed by atoms with Crippen molar-refractivity contribution in [2.24, 2.45) is 5.92 Å². The Labute approximate surface area is 92.9 Å². The van der Waals surface area contributed by atoms with E-state index in [1.807, 2.05) is 19.1 Å². The van der Waals surface area contributed by atoms with Crippen LogP contribution in [-0.2, 0) is 0 Å². The zero-order valence-corrected chi connectivity index (χ0v) is 10.2. The summed E-state index contributed by atoms with van der Waals surface area (Å²) in [5.41, 5.74) is 8.93. The summed E-state index contributed by atoms with van der Waals surface area (Å²) in [6, 6.07) is 6.61. The minimum Gasteiger partial charge on any atom is -0.399 e. The minimum atomic E-state index is 0.498. The van der Waals surface area contributed by atoms with Crippen LogP contribution in [0, 0.1) is 12.8 Å². The minimum absolute atomic E-state index is 0.498. The second-order valence-corrected chi connectivity index (χ2v) is 4.39. The molecule has 0 fully saturated rings. The van der Waals surface area contributed by atoms with Crippen molar-refractivity contribution >= 4 is 11.4 Å². The second-order valence-electron chi connectivity index (χ2n) is 4.39. The van der Waals surface area contributed by atoms with Gasteiger partial charge in [-0.25, -0.2) is 0 Å². The van der Waals surface area contributed by atoms with Gasteiger partial charge in [0, 0.05) is 17.4 Å². The Balaban J connectivity index is 2.68. The molecule has 0 aromatic heterocycles. The van der Waals surface area contributed by atoms with Gasteiger partial charge in [0.15, 0.2) is 0 Å². The first-order valence-electron chi connectivity index (χ1n) is 5.67. The lowest BCUT2D eigenvalue weighted by atomic mass is 10.0. The summed E-state index contributed by atoms with van der Waals surface area (Å²) in [6.07, 6.45) is 1.20. The highest BCUT2D eigenvalue weighted by molar-refractivity contribution is 5.56. The van der Waals surface area contributed by atoms with Crippen molar-refractivity contribution in [1.82, 2.24) is 0 Å². The molecule has 0 aliphatic rings. The van der Waals surface area contributed by atoms with Gasteiger partial charge in [-0.05, 0) is 43.5 Å². The molecule has 0 aliphatic carbocycles. The summed E-state index contributed by atoms with van der Waals surface area (Å²) < 4.78 is 0. The van der Waals surface area contributed by atoms with Crippen LogP contribution in [0.1, 0.15) is 32.8 Å². The Kier molecular flexibility index (Phi) is 4.01. The molecule has 2 unspecified atom stereocenters. The van der Waals surface area contributed by atoms with E-state index in [0.29, 0.717) is 12.0 Å². The van der Waals surface area contributed by atoms with Gasteiger partial charge >= 0.3 is 0 Å². The number of benzene rings is 1. The SMILES string of the molecule is CCC(C)C(C)Nc1ccc(N)c(C)c1. The molecule has 0 bridgehead atoms. The Hall–Kier alpha value is -1.18. The summed E-state index contributed by atoms with van der Waals surface area (Å²) in [5, 5.41) is 3.51. The Morgan fingerprint density at radius 1 is 1.33 bits per heavy atom. The number of rotatable bonds is 4. The molecule has 1 rings (SSSR count). The largest absolute Gasteiger partial charge is 0.399 e. The molecule has 1 aromatic rings. The van der Waals surface area contributed by atoms with E-state index in [2.05, 4.69) is 32.2 Å². The Bertz CT molecular complexity index is 320. The lowest BCUT2D eigenvalue weighted by Gasteiger charge is -2.21. The lowest BCUT2D eigenvalue weighted by molar-refractivity contribution is 0.494. The van der Waals surface area contributed by atoms with Crippen LogP contribution in [0.2, 0.25) is 0 Å². The first kappa shape index (κ1) is 11.9. The Morgan fingerprint density at radius 3 is 2.53 bits per heavy atom. The van der Waals surface area contributed by atoms with Crippen molar-refractivity contribution in [3.63, 3.8) is 0 Å². The maximum atomic E-state index is 5.78. The summed E-state index contributed by atoms with van der Waals surface area (Å²) in [4.78, 5) is 0. The number of nitrogens with one attached hydrogen (secondary N) is 1. The molecule has 0 radical (unpaired) electrons. The molecule has 0 amide bonds. The number of anilines is 2. The average molecular weight is 206 g/mol. The van der Waals surface area contributed by atoms with Crippen LogP contribution in [0.25, 0.3) is 0 Å². The monoisotopic (exact) mass is 206 g/mol. The fourth-order valence-electron chi connectivity index (χ4n) is 1.52. The molecular formula is C13H22N2. The highest BCUT2D eigenvalue weighted by Crippen LogP contribution is 2.19. The first-order valence-corrected chi connectivity index (χ1v) is 5.67. The van der Waals surface area contributed by atoms with Crippen LogP contribution in [-0.4, -0.2) is 6.04 Å². The highest BCUT2D eigenvalue weighted by Gasteiger charge is 2.09. The number of aryl methyl sites for hydroxylation is 1. The van der Waals surface area contributed by atoms with Crippen LogP contribution < -0.4 is 11.1 Å². The smallest absolute Gasteiger partial charge is 0.0346 e. The number of hydrogen-bond donors (Lipinski definition) is 2. The van der Waals surface area contributed by atoms with E-state index in [-0.39, 0.29) is 0 Å². The van der Waals surface area contributed by atoms with Gasteiger partial charge in [0.1, 0.15) is 0 Å². The van der Waals surface area contributed by atoms with E-state index in [1.165, 1.54) is 6.42 Å². The van der Waals surface area contributed by atoms with E-state index in [9.17, 15) is 0 Å². The first-order chi connectivity index (χ1) is 7.04. The number of hydrogen-bond acceptors (Lipinski definition) is 2. The fourth-order valence-corrected chi connectivity index (χ4v) is 1.52. The molecule has 15 heavy (non-hydrogen) atoms. The lowest BCUT2D eigenvalue weighted by Crippen LogP contribution is -2.23. The second kappa shape index (κ2) is 5.06. The van der Waals surface area contributed by atoms with Crippen LogP contribution in [0.4, 0.5) is 11.4 Å². The normalized spacial score (nSPS) is 14.7. The van der Waals surface area contributed by atoms with E-state index in [0.717, 1.165) is 16.9 Å². The number of nitrogen functional groups attached to an aromatic ring is 1. The molecule has 0 saturated carbocycles. The quantitative estimate of drug-likeness (QED) is 0.741. The molecule has 0 spiro atoms. The van der Waals surface area contributed by atoms with Crippen molar-refractivity contribution in [2.75, 3.05) is 11.1 Å². The topological polar surface area (TPSA) is 38.0 Å². The van der Waals surface area contributed by atoms with E-state index in [1.54, 1.807) is 0 Å². The van der Waals surface area contributed by atoms with E-state index < -0.39 is 0 Å². The zero-order chi connectivity index (χ0) is 11.4. The maximum Gasteiger partial charge on any atom is 0.0346 e. The average Bonchev–Trinajstić information content (AvgIpc) is 2.22. The summed E-state index contributed by atoms with van der Waals surface area (Å²) in [5.74, 6) is 0.683. The zero-order valence-electron chi connectivity index (χ0n) is 10.2. The third kappa shape index (κ3) is 3.15. The highest BCUT2D eigenvalue weighted by atomic mass is 14.9. The summed E-state index contributed by atoms with van der Waals surface area (Å²) >= 11 is 0. The van der Waals surface area contributed by atoms with Crippen molar-refractivity contribution < 1.29 is 0 Å². The van der Waals surface area contributed by atoms with Gasteiger partial charge in [-0.3, -0.25) is 0 Å². The molecule has 1 aromatic carbocycles. The van der Waals surface area contributed by atoms with Crippen LogP contribution in [0.3, 0.4) is 0 Å². The summed E-state index contributed by atoms with van der Waals surface area (Å²) in [7, 11) is 0. The third-order valence-corrected chi connectivity index (χ3v) is 3.16. The van der Waals surface area contributed by atoms with Crippen LogP contribution >= 0.6 is 0 Å². The third-order valence-electron chi connectivity index (χ3n) is 3.16. The molecule has 2 atom stereocenters. The summed E-state index contributed by atoms with van der Waals surface area (Å²) in [6.45, 7) is 8.74. The van der Waals surface area contributed by atoms with Crippen molar-refractivity contribution in [1.29, 1.82) is 0 Å². The van der Waals surface area contributed by atoms with Gasteiger partial charge in [-0.1, -0.05) is 20.3 Å². The maximum absolute atomic E-state index is 5.78. The van der Waals surface area contributed by atoms with Gasteiger partial charge in [0.25, 0.3) is 0 Å². The van der Waals surface area contributed by atoms with Crippen LogP contribution in [0.5, 0.6) is 0 Å². The predicted octanol–water partition coefficient (Wildman–Crippen LogP) is 3.42. The van der Waals surface area contributed by atoms with Crippen LogP contribution in [0.15, 0.2) is 18.2 Å². The fraction of sp³-hybridized carbons (Fsp3) is 0.538. The predicted molar refractivity (Wildman–Crippen MR) is 68.1 cm³/mol. The molecule has 0 saturated heterocycles. The molecule has 2 heteroatoms. The van der Waals surface area contributed by atoms with Crippen molar-refractivity contribution in [3.8, 4) is 0 Å². The standard InChI is InChI=1S/C13H22N2/c1-5-9(2)11(4)15-12-6-7-13(14)10(3)8-12/h6-9,11,15H,5,14H2,1-4H3. The Morgan fingerprint density at radius 2 is 2.00 bits per heavy atom. The van der Waals surface area contributed by atoms with Gasteiger partial charge in [0.2, 0.25) is 0 Å². The van der Waals surface area contributed by atoms with Crippen molar-refractivity contribution in [2.45, 2.75) is 40.2 Å². The van der Waals surface area contributed by atoms with Crippen molar-refractivity contribution in [3.05, 3.63) is 23.8 Å². The van der Waals surface area contributed by atoms with E-state index in [4.69, 9.17) is 5.73 Å².